The van der Waals surface area contributed by atoms with Gasteiger partial charge in [0.05, 0.1) is 16.7 Å². The third-order valence-electron chi connectivity index (χ3n) is 17.9. The predicted octanol–water partition coefficient (Wildman–Crippen LogP) is 21.7. The number of benzene rings is 10. The second kappa shape index (κ2) is 23.0. The first kappa shape index (κ1) is 50.1. The minimum absolute atomic E-state index is 0.282. The van der Waals surface area contributed by atoms with Crippen molar-refractivity contribution in [1.82, 2.24) is 4.98 Å². The number of aryl methyl sites for hydroxylation is 9. The standard InChI is InChI=1S/C30H24NS.C29H22NS.C24H21N2S/c1-19-8-10-21(11-9-19)22-12-14-25-23(18-22)13-15-27-28(25)26-16-17-31(3)29(30(26)32-27)24-7-5-4-6-20(24)2;1-19-8-6-7-11-23(19)28-29-25(16-17-30(28)2)27-24-14-12-21(20-9-4-3-5-10-20)18-22(24)13-15-26(27)31-29;1-14-9-10-18(15(2)11-14)22-23-20(16(3)13-26(22)4)21-19-8-6-5-7-17(19)12-25-24(21)27-23/h4-18H,1-3H3;3-18H,1-2H3;5-13H,1-4H3/q3*+1/i;;1D3,3D3. The zero-order valence-electron chi connectivity index (χ0n) is 57.1. The molecule has 0 N–H and O–H groups in total. The lowest BCUT2D eigenvalue weighted by Crippen LogP contribution is -2.31. The van der Waals surface area contributed by atoms with E-state index in [2.05, 4.69) is 237 Å². The minimum atomic E-state index is -2.31. The highest BCUT2D eigenvalue weighted by atomic mass is 32.1. The molecule has 7 heterocycles. The molecule has 0 bridgehead atoms. The van der Waals surface area contributed by atoms with E-state index < -0.39 is 13.7 Å². The molecule has 0 saturated carbocycles. The molecule has 0 fully saturated rings. The van der Waals surface area contributed by atoms with Crippen LogP contribution in [0.25, 0.3) is 149 Å². The van der Waals surface area contributed by atoms with Gasteiger partial charge in [0.15, 0.2) is 18.6 Å². The van der Waals surface area contributed by atoms with Crippen molar-refractivity contribution in [3.05, 3.63) is 277 Å². The number of nitrogens with zero attached hydrogens (tertiary/aromatic N) is 4. The van der Waals surface area contributed by atoms with E-state index in [0.29, 0.717) is 5.39 Å². The van der Waals surface area contributed by atoms with Gasteiger partial charge in [-0.25, -0.2) is 4.98 Å². The molecule has 0 spiro atoms. The van der Waals surface area contributed by atoms with Crippen LogP contribution < -0.4 is 13.7 Å². The van der Waals surface area contributed by atoms with Crippen LogP contribution >= 0.6 is 34.0 Å². The molecular weight excluding hydrogens is 1150 g/mol. The Morgan fingerprint density at radius 3 is 1.43 bits per heavy atom. The molecule has 17 rings (SSSR count). The number of pyridine rings is 4. The number of thiophene rings is 3. The highest BCUT2D eigenvalue weighted by Crippen LogP contribution is 2.46. The maximum Gasteiger partial charge on any atom is 0.230 e. The number of hydrogen-bond acceptors (Lipinski definition) is 4. The van der Waals surface area contributed by atoms with E-state index in [0.717, 1.165) is 42.5 Å². The molecule has 0 unspecified atom stereocenters. The molecule has 0 saturated heterocycles. The summed E-state index contributed by atoms with van der Waals surface area (Å²) in [6.45, 7) is 3.92. The van der Waals surface area contributed by atoms with Crippen molar-refractivity contribution in [3.63, 3.8) is 0 Å². The van der Waals surface area contributed by atoms with E-state index in [1.165, 1.54) is 135 Å². The molecular formula is C83H67N4S3+3. The fourth-order valence-corrected chi connectivity index (χ4v) is 17.2. The summed E-state index contributed by atoms with van der Waals surface area (Å²) >= 11 is 5.27. The van der Waals surface area contributed by atoms with E-state index in [9.17, 15) is 0 Å². The summed E-state index contributed by atoms with van der Waals surface area (Å²) in [6, 6.07) is 77.2. The first-order valence-corrected chi connectivity index (χ1v) is 32.8. The Labute approximate surface area is 545 Å². The number of aromatic nitrogens is 4. The van der Waals surface area contributed by atoms with Gasteiger partial charge in [-0.3, -0.25) is 0 Å². The molecule has 434 valence electrons. The Kier molecular flexibility index (Phi) is 12.8. The molecule has 10 aromatic carbocycles. The van der Waals surface area contributed by atoms with Gasteiger partial charge in [0.2, 0.25) is 17.1 Å². The van der Waals surface area contributed by atoms with Gasteiger partial charge in [0.25, 0.3) is 0 Å². The maximum atomic E-state index is 8.23. The van der Waals surface area contributed by atoms with Crippen molar-refractivity contribution in [2.45, 2.75) is 41.4 Å². The summed E-state index contributed by atoms with van der Waals surface area (Å²) in [4.78, 5) is 5.43. The SMILES string of the molecule is Cc1ccc(-c2ccc3c(ccc4sc5c(-c6ccccc6C)[n+](C)ccc5c43)c2)cc1.Cc1ccccc1-c1c2sc3ccc4cc(-c5ccccc5)ccc4c3c2cc[n+]1C.[2H]C([2H])([2H])c1ccc(-c2c3sc4ncc5ccccc5c4c3c(C([2H])([2H])[2H])c[n+]2C)c(C)c1. The average molecular weight is 1220 g/mol. The van der Waals surface area contributed by atoms with Crippen LogP contribution in [0.3, 0.4) is 0 Å². The Balaban J connectivity index is 0.000000118. The smallest absolute Gasteiger partial charge is 0.230 e. The Hall–Kier alpha value is -9.76. The van der Waals surface area contributed by atoms with Gasteiger partial charge in [-0.15, -0.1) is 34.0 Å². The third kappa shape index (κ3) is 9.89. The van der Waals surface area contributed by atoms with Gasteiger partial charge in [-0.2, -0.15) is 13.7 Å². The van der Waals surface area contributed by atoms with Crippen LogP contribution in [0.5, 0.6) is 0 Å². The second-order valence-corrected chi connectivity index (χ2v) is 26.8. The summed E-state index contributed by atoms with van der Waals surface area (Å²) in [6.07, 6.45) is 7.90. The van der Waals surface area contributed by atoms with Crippen LogP contribution in [0, 0.1) is 41.4 Å². The van der Waals surface area contributed by atoms with Crippen LogP contribution in [-0.4, -0.2) is 4.98 Å². The van der Waals surface area contributed by atoms with Crippen molar-refractivity contribution in [2.24, 2.45) is 21.1 Å². The van der Waals surface area contributed by atoms with E-state index in [1.54, 1.807) is 18.3 Å². The number of fused-ring (bicyclic) bond motifs is 15. The molecule has 0 aliphatic heterocycles. The Morgan fingerprint density at radius 2 is 0.856 bits per heavy atom. The Bertz CT molecular complexity index is 5960. The van der Waals surface area contributed by atoms with E-state index in [1.807, 2.05) is 77.7 Å². The van der Waals surface area contributed by atoms with E-state index in [4.69, 9.17) is 8.22 Å². The second-order valence-electron chi connectivity index (χ2n) is 23.7. The van der Waals surface area contributed by atoms with Crippen LogP contribution in [0.1, 0.15) is 41.6 Å². The highest BCUT2D eigenvalue weighted by Gasteiger charge is 2.26. The number of hydrogen-bond donors (Lipinski definition) is 0. The quantitative estimate of drug-likeness (QED) is 0.158. The molecule has 90 heavy (non-hydrogen) atoms. The van der Waals surface area contributed by atoms with Gasteiger partial charge in [-0.1, -0.05) is 175 Å². The fraction of sp³-hybridized carbons (Fsp3) is 0.108. The first-order valence-electron chi connectivity index (χ1n) is 33.3. The lowest BCUT2D eigenvalue weighted by molar-refractivity contribution is -0.659. The van der Waals surface area contributed by atoms with Crippen molar-refractivity contribution in [3.8, 4) is 56.0 Å². The number of rotatable bonds is 5. The fourth-order valence-electron chi connectivity index (χ4n) is 13.3. The summed E-state index contributed by atoms with van der Waals surface area (Å²) in [7, 11) is 6.13. The third-order valence-corrected chi connectivity index (χ3v) is 21.3. The molecule has 17 aromatic rings. The monoisotopic (exact) mass is 1220 g/mol. The molecule has 7 heteroatoms. The first-order chi connectivity index (χ1) is 46.3. The molecule has 4 nitrogen and oxygen atoms in total. The van der Waals surface area contributed by atoms with Gasteiger partial charge in [0, 0.05) is 79.2 Å². The minimum Gasteiger partial charge on any atom is -0.245 e. The molecule has 7 aromatic heterocycles. The summed E-state index contributed by atoms with van der Waals surface area (Å²) < 4.78 is 60.4. The average Bonchev–Trinajstić information content (AvgIpc) is 1.68. The van der Waals surface area contributed by atoms with Crippen LogP contribution in [0.15, 0.2) is 243 Å². The van der Waals surface area contributed by atoms with Crippen LogP contribution in [-0.2, 0) is 21.1 Å². The maximum absolute atomic E-state index is 8.23. The summed E-state index contributed by atoms with van der Waals surface area (Å²) in [5.74, 6) is 0. The molecule has 0 aliphatic carbocycles. The summed E-state index contributed by atoms with van der Waals surface area (Å²) in [5, 5.41) is 14.1. The van der Waals surface area contributed by atoms with Crippen LogP contribution in [0.2, 0.25) is 0 Å². The lowest BCUT2D eigenvalue weighted by Gasteiger charge is -2.08. The van der Waals surface area contributed by atoms with Crippen molar-refractivity contribution >= 4 is 127 Å². The van der Waals surface area contributed by atoms with Gasteiger partial charge in [-0.05, 0) is 150 Å². The van der Waals surface area contributed by atoms with Crippen molar-refractivity contribution in [1.29, 1.82) is 0 Å². The lowest BCUT2D eigenvalue weighted by atomic mass is 9.97. The molecule has 0 amide bonds. The van der Waals surface area contributed by atoms with Crippen molar-refractivity contribution < 1.29 is 21.9 Å². The highest BCUT2D eigenvalue weighted by molar-refractivity contribution is 7.27. The zero-order valence-corrected chi connectivity index (χ0v) is 53.6. The normalized spacial score (nSPS) is 12.9. The largest absolute Gasteiger partial charge is 0.245 e. The molecule has 0 atom stereocenters. The molecule has 0 radical (unpaired) electrons. The van der Waals surface area contributed by atoms with Crippen LogP contribution in [0.4, 0.5) is 0 Å². The Morgan fingerprint density at radius 1 is 0.344 bits per heavy atom. The van der Waals surface area contributed by atoms with E-state index >= 15 is 0 Å². The van der Waals surface area contributed by atoms with Crippen molar-refractivity contribution in [2.75, 3.05) is 0 Å². The van der Waals surface area contributed by atoms with Gasteiger partial charge in [0.1, 0.15) is 40.1 Å². The molecule has 0 aliphatic rings. The predicted molar refractivity (Wildman–Crippen MR) is 387 cm³/mol. The van der Waals surface area contributed by atoms with Gasteiger partial charge >= 0.3 is 0 Å². The zero-order chi connectivity index (χ0) is 66.5. The van der Waals surface area contributed by atoms with E-state index in [-0.39, 0.29) is 11.1 Å². The van der Waals surface area contributed by atoms with Gasteiger partial charge < -0.3 is 0 Å². The summed E-state index contributed by atoms with van der Waals surface area (Å²) in [5.41, 5.74) is 17.3. The topological polar surface area (TPSA) is 24.5 Å².